The number of rotatable bonds is 3. The summed E-state index contributed by atoms with van der Waals surface area (Å²) < 4.78 is 2.31. The summed E-state index contributed by atoms with van der Waals surface area (Å²) in [5.41, 5.74) is 2.06. The lowest BCUT2D eigenvalue weighted by molar-refractivity contribution is 0.216. The van der Waals surface area contributed by atoms with Crippen LogP contribution in [0.1, 0.15) is 38.6 Å². The number of pyridine rings is 1. The van der Waals surface area contributed by atoms with Crippen LogP contribution in [0.15, 0.2) is 18.3 Å². The first kappa shape index (κ1) is 13.6. The number of aromatic nitrogens is 3. The summed E-state index contributed by atoms with van der Waals surface area (Å²) >= 11 is 0. The van der Waals surface area contributed by atoms with Gasteiger partial charge in [-0.15, -0.1) is 0 Å². The lowest BCUT2D eigenvalue weighted by Crippen LogP contribution is -2.31. The first-order valence-corrected chi connectivity index (χ1v) is 7.65. The molecule has 1 saturated heterocycles. The first-order chi connectivity index (χ1) is 9.65. The summed E-state index contributed by atoms with van der Waals surface area (Å²) in [4.78, 5) is 11.8. The molecule has 0 spiro atoms. The monoisotopic (exact) mass is 272 g/mol. The first-order valence-electron chi connectivity index (χ1n) is 7.65. The molecule has 0 aliphatic carbocycles. The van der Waals surface area contributed by atoms with Crippen LogP contribution < -0.4 is 0 Å². The van der Waals surface area contributed by atoms with E-state index in [4.69, 9.17) is 4.98 Å². The third-order valence-corrected chi connectivity index (χ3v) is 4.35. The number of fused-ring (bicyclic) bond motifs is 1. The van der Waals surface area contributed by atoms with Gasteiger partial charge in [0.05, 0.1) is 0 Å². The largest absolute Gasteiger partial charge is 0.310 e. The van der Waals surface area contributed by atoms with E-state index < -0.39 is 0 Å². The third-order valence-electron chi connectivity index (χ3n) is 4.35. The predicted molar refractivity (Wildman–Crippen MR) is 81.8 cm³/mol. The summed E-state index contributed by atoms with van der Waals surface area (Å²) in [5.74, 6) is 1.98. The fourth-order valence-corrected chi connectivity index (χ4v) is 3.19. The van der Waals surface area contributed by atoms with Crippen LogP contribution in [0.2, 0.25) is 0 Å². The van der Waals surface area contributed by atoms with Crippen LogP contribution in [0.3, 0.4) is 0 Å². The zero-order valence-electron chi connectivity index (χ0n) is 12.7. The average molecular weight is 272 g/mol. The van der Waals surface area contributed by atoms with Crippen molar-refractivity contribution >= 4 is 11.2 Å². The van der Waals surface area contributed by atoms with Gasteiger partial charge in [-0.1, -0.05) is 0 Å². The molecule has 0 N–H and O–H groups in total. The molecule has 0 aromatic carbocycles. The van der Waals surface area contributed by atoms with Crippen LogP contribution >= 0.6 is 0 Å². The van der Waals surface area contributed by atoms with E-state index in [0.29, 0.717) is 6.04 Å². The Morgan fingerprint density at radius 3 is 2.75 bits per heavy atom. The summed E-state index contributed by atoms with van der Waals surface area (Å²) in [6, 6.07) is 4.45. The van der Waals surface area contributed by atoms with Gasteiger partial charge < -0.3 is 9.47 Å². The number of hydrogen-bond donors (Lipinski definition) is 0. The van der Waals surface area contributed by atoms with Gasteiger partial charge in [0.1, 0.15) is 11.3 Å². The van der Waals surface area contributed by atoms with Crippen molar-refractivity contribution in [3.05, 3.63) is 24.2 Å². The van der Waals surface area contributed by atoms with Crippen molar-refractivity contribution in [2.45, 2.75) is 39.2 Å². The lowest BCUT2D eigenvalue weighted by Gasteiger charge is -2.29. The van der Waals surface area contributed by atoms with Gasteiger partial charge in [0.15, 0.2) is 5.65 Å². The van der Waals surface area contributed by atoms with Crippen LogP contribution in [-0.4, -0.2) is 39.6 Å². The molecule has 0 unspecified atom stereocenters. The highest BCUT2D eigenvalue weighted by Gasteiger charge is 2.21. The molecule has 1 aliphatic rings. The molecule has 0 amide bonds. The fraction of sp³-hybridized carbons (Fsp3) is 0.625. The highest BCUT2D eigenvalue weighted by Crippen LogP contribution is 2.25. The van der Waals surface area contributed by atoms with E-state index >= 15 is 0 Å². The number of hydrogen-bond acceptors (Lipinski definition) is 3. The van der Waals surface area contributed by atoms with Crippen LogP contribution in [0, 0.1) is 5.92 Å². The maximum atomic E-state index is 4.83. The third kappa shape index (κ3) is 2.57. The molecule has 0 saturated carbocycles. The van der Waals surface area contributed by atoms with Gasteiger partial charge in [-0.05, 0) is 64.9 Å². The minimum Gasteiger partial charge on any atom is -0.310 e. The molecule has 2 aromatic heterocycles. The molecule has 1 fully saturated rings. The van der Waals surface area contributed by atoms with Crippen molar-refractivity contribution < 1.29 is 0 Å². The van der Waals surface area contributed by atoms with Gasteiger partial charge in [-0.3, -0.25) is 0 Å². The van der Waals surface area contributed by atoms with Crippen LogP contribution in [-0.2, 0) is 6.42 Å². The Balaban J connectivity index is 1.88. The molecule has 2 aromatic rings. The summed E-state index contributed by atoms with van der Waals surface area (Å²) in [7, 11) is 2.21. The van der Waals surface area contributed by atoms with Gasteiger partial charge in [0.2, 0.25) is 0 Å². The second kappa shape index (κ2) is 5.52. The van der Waals surface area contributed by atoms with E-state index in [1.54, 1.807) is 0 Å². The van der Waals surface area contributed by atoms with Crippen molar-refractivity contribution in [2.75, 3.05) is 20.1 Å². The van der Waals surface area contributed by atoms with E-state index in [1.165, 1.54) is 31.8 Å². The van der Waals surface area contributed by atoms with E-state index in [1.807, 2.05) is 12.3 Å². The Morgan fingerprint density at radius 1 is 1.30 bits per heavy atom. The molecule has 4 heteroatoms. The van der Waals surface area contributed by atoms with Crippen molar-refractivity contribution in [3.63, 3.8) is 0 Å². The highest BCUT2D eigenvalue weighted by atomic mass is 15.1. The summed E-state index contributed by atoms with van der Waals surface area (Å²) in [6.45, 7) is 6.86. The zero-order chi connectivity index (χ0) is 14.1. The molecule has 0 bridgehead atoms. The molecule has 3 rings (SSSR count). The number of nitrogens with zero attached hydrogens (tertiary/aromatic N) is 4. The summed E-state index contributed by atoms with van der Waals surface area (Å²) in [6.07, 6.45) is 5.51. The smallest absolute Gasteiger partial charge is 0.160 e. The molecule has 108 valence electrons. The van der Waals surface area contributed by atoms with Crippen LogP contribution in [0.4, 0.5) is 0 Å². The van der Waals surface area contributed by atoms with Crippen LogP contribution in [0.5, 0.6) is 0 Å². The lowest BCUT2D eigenvalue weighted by atomic mass is 9.93. The van der Waals surface area contributed by atoms with E-state index in [9.17, 15) is 0 Å². The Kier molecular flexibility index (Phi) is 3.74. The van der Waals surface area contributed by atoms with Crippen molar-refractivity contribution in [1.82, 2.24) is 19.4 Å². The Hall–Kier alpha value is -1.42. The van der Waals surface area contributed by atoms with Crippen molar-refractivity contribution in [2.24, 2.45) is 5.92 Å². The van der Waals surface area contributed by atoms with E-state index in [2.05, 4.69) is 41.4 Å². The predicted octanol–water partition coefficient (Wildman–Crippen LogP) is 2.90. The van der Waals surface area contributed by atoms with Crippen molar-refractivity contribution in [3.8, 4) is 0 Å². The normalized spacial score (nSPS) is 18.2. The minimum absolute atomic E-state index is 0.413. The average Bonchev–Trinajstić information content (AvgIpc) is 2.79. The molecule has 1 aliphatic heterocycles. The van der Waals surface area contributed by atoms with Gasteiger partial charge in [-0.25, -0.2) is 9.97 Å². The number of imidazole rings is 1. The maximum absolute atomic E-state index is 4.83. The Morgan fingerprint density at radius 2 is 2.05 bits per heavy atom. The van der Waals surface area contributed by atoms with Crippen LogP contribution in [0.25, 0.3) is 11.2 Å². The standard InChI is InChI=1S/C16H24N4/c1-12(2)20-15(11-13-6-9-19(3)10-7-13)18-14-5-4-8-17-16(14)20/h4-5,8,12-13H,6-7,9-11H2,1-3H3. The second-order valence-corrected chi connectivity index (χ2v) is 6.29. The molecule has 20 heavy (non-hydrogen) atoms. The zero-order valence-corrected chi connectivity index (χ0v) is 12.7. The topological polar surface area (TPSA) is 34.0 Å². The van der Waals surface area contributed by atoms with Gasteiger partial charge in [-0.2, -0.15) is 0 Å². The fourth-order valence-electron chi connectivity index (χ4n) is 3.19. The van der Waals surface area contributed by atoms with Crippen molar-refractivity contribution in [1.29, 1.82) is 0 Å². The molecule has 0 atom stereocenters. The van der Waals surface area contributed by atoms with E-state index in [0.717, 1.165) is 23.5 Å². The second-order valence-electron chi connectivity index (χ2n) is 6.29. The molecule has 4 nitrogen and oxygen atoms in total. The summed E-state index contributed by atoms with van der Waals surface area (Å²) in [5, 5.41) is 0. The number of piperidine rings is 1. The minimum atomic E-state index is 0.413. The highest BCUT2D eigenvalue weighted by molar-refractivity contribution is 5.71. The van der Waals surface area contributed by atoms with Gasteiger partial charge in [0, 0.05) is 18.7 Å². The van der Waals surface area contributed by atoms with Gasteiger partial charge >= 0.3 is 0 Å². The van der Waals surface area contributed by atoms with E-state index in [-0.39, 0.29) is 0 Å². The SMILES string of the molecule is CC(C)n1c(CC2CCN(C)CC2)nc2cccnc21. The van der Waals surface area contributed by atoms with Gasteiger partial charge in [0.25, 0.3) is 0 Å². The molecule has 3 heterocycles. The number of likely N-dealkylation sites (tertiary alicyclic amines) is 1. The Labute approximate surface area is 120 Å². The molecular weight excluding hydrogens is 248 g/mol. The maximum Gasteiger partial charge on any atom is 0.160 e. The quantitative estimate of drug-likeness (QED) is 0.861. The molecular formula is C16H24N4. The Bertz CT molecular complexity index is 579. The molecule has 0 radical (unpaired) electrons.